The van der Waals surface area contributed by atoms with Gasteiger partial charge in [0.25, 0.3) is 0 Å². The fourth-order valence-corrected chi connectivity index (χ4v) is 1.37. The van der Waals surface area contributed by atoms with Crippen LogP contribution in [0.5, 0.6) is 0 Å². The monoisotopic (exact) mass is 196 g/mol. The predicted octanol–water partition coefficient (Wildman–Crippen LogP) is 0.604. The third-order valence-corrected chi connectivity index (χ3v) is 1.95. The van der Waals surface area contributed by atoms with Crippen LogP contribution in [0, 0.1) is 0 Å². The van der Waals surface area contributed by atoms with E-state index in [4.69, 9.17) is 10.5 Å². The van der Waals surface area contributed by atoms with Gasteiger partial charge < -0.3 is 15.6 Å². The number of aromatic nitrogens is 1. The van der Waals surface area contributed by atoms with Gasteiger partial charge in [0, 0.05) is 19.7 Å². The molecule has 3 N–H and O–H groups in total. The van der Waals surface area contributed by atoms with Gasteiger partial charge in [0.15, 0.2) is 0 Å². The van der Waals surface area contributed by atoms with Gasteiger partial charge in [-0.15, -0.1) is 0 Å². The summed E-state index contributed by atoms with van der Waals surface area (Å²) in [5, 5.41) is 9.88. The highest BCUT2D eigenvalue weighted by Crippen LogP contribution is 2.16. The second kappa shape index (κ2) is 4.39. The molecule has 0 aliphatic rings. The molecule has 78 valence electrons. The Morgan fingerprint density at radius 3 is 2.93 bits per heavy atom. The normalized spacial score (nSPS) is 15.1. The average Bonchev–Trinajstić information content (AvgIpc) is 2.08. The second-order valence-electron chi connectivity index (χ2n) is 3.65. The van der Waals surface area contributed by atoms with E-state index in [2.05, 4.69) is 4.98 Å². The molecule has 0 amide bonds. The first-order valence-electron chi connectivity index (χ1n) is 4.46. The standard InChI is InChI=1S/C10H16N2O2/c1-10(13,7-14-2)6-8-4-3-5-12-9(8)11/h3-5,13H,6-7H2,1-2H3,(H2,11,12). The number of hydrogen-bond donors (Lipinski definition) is 2. The first-order valence-corrected chi connectivity index (χ1v) is 4.46. The zero-order valence-corrected chi connectivity index (χ0v) is 8.53. The molecule has 1 atom stereocenters. The Balaban J connectivity index is 2.73. The maximum absolute atomic E-state index is 9.88. The summed E-state index contributed by atoms with van der Waals surface area (Å²) in [6, 6.07) is 3.65. The van der Waals surface area contributed by atoms with Gasteiger partial charge >= 0.3 is 0 Å². The SMILES string of the molecule is COCC(C)(O)Cc1cccnc1N. The van der Waals surface area contributed by atoms with Crippen LogP contribution in [0.15, 0.2) is 18.3 Å². The highest BCUT2D eigenvalue weighted by Gasteiger charge is 2.21. The fourth-order valence-electron chi connectivity index (χ4n) is 1.37. The molecule has 0 fully saturated rings. The van der Waals surface area contributed by atoms with Crippen LogP contribution in [-0.4, -0.2) is 29.4 Å². The van der Waals surface area contributed by atoms with Gasteiger partial charge in [-0.25, -0.2) is 4.98 Å². The van der Waals surface area contributed by atoms with E-state index in [0.717, 1.165) is 5.56 Å². The molecule has 1 heterocycles. The summed E-state index contributed by atoms with van der Waals surface area (Å²) < 4.78 is 4.91. The third kappa shape index (κ3) is 2.97. The molecular formula is C10H16N2O2. The lowest BCUT2D eigenvalue weighted by atomic mass is 9.98. The maximum Gasteiger partial charge on any atom is 0.126 e. The van der Waals surface area contributed by atoms with Gasteiger partial charge in [-0.1, -0.05) is 6.07 Å². The summed E-state index contributed by atoms with van der Waals surface area (Å²) >= 11 is 0. The van der Waals surface area contributed by atoms with Crippen molar-refractivity contribution in [3.63, 3.8) is 0 Å². The molecule has 4 nitrogen and oxygen atoms in total. The topological polar surface area (TPSA) is 68.4 Å². The van der Waals surface area contributed by atoms with E-state index in [1.165, 1.54) is 0 Å². The number of ether oxygens (including phenoxy) is 1. The van der Waals surface area contributed by atoms with Crippen LogP contribution in [0.3, 0.4) is 0 Å². The van der Waals surface area contributed by atoms with E-state index >= 15 is 0 Å². The van der Waals surface area contributed by atoms with Crippen molar-refractivity contribution in [1.82, 2.24) is 4.98 Å². The molecule has 0 saturated carbocycles. The Kier molecular flexibility index (Phi) is 3.43. The number of pyridine rings is 1. The van der Waals surface area contributed by atoms with E-state index < -0.39 is 5.60 Å². The molecule has 0 radical (unpaired) electrons. The minimum Gasteiger partial charge on any atom is -0.387 e. The maximum atomic E-state index is 9.88. The lowest BCUT2D eigenvalue weighted by molar-refractivity contribution is -0.0160. The number of methoxy groups -OCH3 is 1. The van der Waals surface area contributed by atoms with E-state index in [1.807, 2.05) is 6.07 Å². The Bertz CT molecular complexity index is 300. The molecule has 1 aromatic heterocycles. The highest BCUT2D eigenvalue weighted by molar-refractivity contribution is 5.39. The number of nitrogens with zero attached hydrogens (tertiary/aromatic N) is 1. The number of anilines is 1. The Morgan fingerprint density at radius 2 is 2.36 bits per heavy atom. The summed E-state index contributed by atoms with van der Waals surface area (Å²) in [7, 11) is 1.56. The summed E-state index contributed by atoms with van der Waals surface area (Å²) in [5.41, 5.74) is 5.61. The third-order valence-electron chi connectivity index (χ3n) is 1.95. The Labute approximate surface area is 83.7 Å². The number of nitrogens with two attached hydrogens (primary N) is 1. The zero-order valence-electron chi connectivity index (χ0n) is 8.53. The Morgan fingerprint density at radius 1 is 1.64 bits per heavy atom. The van der Waals surface area contributed by atoms with Crippen LogP contribution in [-0.2, 0) is 11.2 Å². The molecule has 0 aliphatic heterocycles. The zero-order chi connectivity index (χ0) is 10.6. The van der Waals surface area contributed by atoms with Crippen molar-refractivity contribution in [2.24, 2.45) is 0 Å². The largest absolute Gasteiger partial charge is 0.387 e. The van der Waals surface area contributed by atoms with Gasteiger partial charge in [-0.3, -0.25) is 0 Å². The van der Waals surface area contributed by atoms with E-state index in [0.29, 0.717) is 12.2 Å². The lowest BCUT2D eigenvalue weighted by Gasteiger charge is -2.22. The van der Waals surface area contributed by atoms with Gasteiger partial charge in [0.2, 0.25) is 0 Å². The minimum absolute atomic E-state index is 0.279. The summed E-state index contributed by atoms with van der Waals surface area (Å²) in [6.07, 6.45) is 2.07. The van der Waals surface area contributed by atoms with Crippen molar-refractivity contribution in [2.75, 3.05) is 19.5 Å². The van der Waals surface area contributed by atoms with Crippen LogP contribution in [0.2, 0.25) is 0 Å². The van der Waals surface area contributed by atoms with Crippen molar-refractivity contribution in [3.8, 4) is 0 Å². The molecular weight excluding hydrogens is 180 g/mol. The minimum atomic E-state index is -0.897. The van der Waals surface area contributed by atoms with Crippen LogP contribution in [0.1, 0.15) is 12.5 Å². The van der Waals surface area contributed by atoms with Crippen LogP contribution >= 0.6 is 0 Å². The number of hydrogen-bond acceptors (Lipinski definition) is 4. The molecule has 14 heavy (non-hydrogen) atoms. The van der Waals surface area contributed by atoms with Gasteiger partial charge in [-0.2, -0.15) is 0 Å². The second-order valence-corrected chi connectivity index (χ2v) is 3.65. The first-order chi connectivity index (χ1) is 6.55. The van der Waals surface area contributed by atoms with Crippen molar-refractivity contribution in [2.45, 2.75) is 18.9 Å². The molecule has 4 heteroatoms. The van der Waals surface area contributed by atoms with Crippen LogP contribution < -0.4 is 5.73 Å². The molecule has 0 aliphatic carbocycles. The first kappa shape index (κ1) is 10.9. The van der Waals surface area contributed by atoms with E-state index in [-0.39, 0.29) is 6.61 Å². The van der Waals surface area contributed by atoms with E-state index in [1.54, 1.807) is 26.3 Å². The quantitative estimate of drug-likeness (QED) is 0.740. The van der Waals surface area contributed by atoms with Crippen LogP contribution in [0.25, 0.3) is 0 Å². The van der Waals surface area contributed by atoms with Crippen molar-refractivity contribution in [1.29, 1.82) is 0 Å². The van der Waals surface area contributed by atoms with E-state index in [9.17, 15) is 5.11 Å². The molecule has 0 saturated heterocycles. The summed E-state index contributed by atoms with van der Waals surface area (Å²) in [6.45, 7) is 1.99. The van der Waals surface area contributed by atoms with Gasteiger partial charge in [0.05, 0.1) is 12.2 Å². The Hall–Kier alpha value is -1.13. The van der Waals surface area contributed by atoms with Gasteiger partial charge in [0.1, 0.15) is 5.82 Å². The predicted molar refractivity (Wildman–Crippen MR) is 54.9 cm³/mol. The summed E-state index contributed by atoms with van der Waals surface area (Å²) in [4.78, 5) is 3.95. The highest BCUT2D eigenvalue weighted by atomic mass is 16.5. The lowest BCUT2D eigenvalue weighted by Crippen LogP contribution is -2.33. The molecule has 0 spiro atoms. The van der Waals surface area contributed by atoms with Crippen LogP contribution in [0.4, 0.5) is 5.82 Å². The number of nitrogen functional groups attached to an aromatic ring is 1. The molecule has 0 aromatic carbocycles. The molecule has 1 unspecified atom stereocenters. The summed E-state index contributed by atoms with van der Waals surface area (Å²) in [5.74, 6) is 0.462. The molecule has 1 aromatic rings. The van der Waals surface area contributed by atoms with Crippen molar-refractivity contribution in [3.05, 3.63) is 23.9 Å². The average molecular weight is 196 g/mol. The number of rotatable bonds is 4. The van der Waals surface area contributed by atoms with Crippen molar-refractivity contribution < 1.29 is 9.84 Å². The smallest absolute Gasteiger partial charge is 0.126 e. The molecule has 1 rings (SSSR count). The van der Waals surface area contributed by atoms with Crippen molar-refractivity contribution >= 4 is 5.82 Å². The number of aliphatic hydroxyl groups is 1. The van der Waals surface area contributed by atoms with Gasteiger partial charge in [-0.05, 0) is 18.6 Å². The fraction of sp³-hybridized carbons (Fsp3) is 0.500. The molecule has 0 bridgehead atoms.